The second kappa shape index (κ2) is 10.6. The third-order valence-corrected chi connectivity index (χ3v) is 4.96. The van der Waals surface area contributed by atoms with E-state index in [-0.39, 0.29) is 11.8 Å². The monoisotopic (exact) mass is 434 g/mol. The van der Waals surface area contributed by atoms with E-state index >= 15 is 0 Å². The molecule has 0 fully saturated rings. The van der Waals surface area contributed by atoms with Gasteiger partial charge in [-0.2, -0.15) is 5.10 Å². The summed E-state index contributed by atoms with van der Waals surface area (Å²) < 4.78 is 7.33. The Bertz CT molecular complexity index is 1060. The Morgan fingerprint density at radius 1 is 1.06 bits per heavy atom. The first-order chi connectivity index (χ1) is 15.4. The maximum Gasteiger partial charge on any atom is 0.259 e. The Kier molecular flexibility index (Phi) is 7.65. The summed E-state index contributed by atoms with van der Waals surface area (Å²) in [5, 5.41) is 7.31. The Hall–Kier alpha value is -3.61. The molecule has 0 unspecified atom stereocenters. The fourth-order valence-corrected chi connectivity index (χ4v) is 3.24. The van der Waals surface area contributed by atoms with Gasteiger partial charge < -0.3 is 15.0 Å². The molecule has 1 aromatic heterocycles. The van der Waals surface area contributed by atoms with Crippen LogP contribution in [0.1, 0.15) is 48.4 Å². The van der Waals surface area contributed by atoms with Crippen LogP contribution in [0.15, 0.2) is 60.8 Å². The average Bonchev–Trinajstić information content (AvgIpc) is 3.22. The van der Waals surface area contributed by atoms with Crippen molar-refractivity contribution in [2.45, 2.75) is 27.7 Å². The summed E-state index contributed by atoms with van der Waals surface area (Å²) in [6.07, 6.45) is 1.51. The van der Waals surface area contributed by atoms with E-state index in [1.807, 2.05) is 50.2 Å². The highest BCUT2D eigenvalue weighted by atomic mass is 16.5. The quantitative estimate of drug-likeness (QED) is 0.532. The van der Waals surface area contributed by atoms with E-state index in [1.165, 1.54) is 6.20 Å². The lowest BCUT2D eigenvalue weighted by Gasteiger charge is -2.19. The van der Waals surface area contributed by atoms with Crippen molar-refractivity contribution in [1.82, 2.24) is 14.7 Å². The van der Waals surface area contributed by atoms with Gasteiger partial charge in [-0.25, -0.2) is 4.68 Å². The molecule has 7 heteroatoms. The molecule has 2 aromatic carbocycles. The van der Waals surface area contributed by atoms with Crippen molar-refractivity contribution < 1.29 is 14.3 Å². The molecule has 7 nitrogen and oxygen atoms in total. The Labute approximate surface area is 189 Å². The maximum absolute atomic E-state index is 13.1. The van der Waals surface area contributed by atoms with E-state index in [0.29, 0.717) is 48.3 Å². The summed E-state index contributed by atoms with van der Waals surface area (Å²) in [6.45, 7) is 9.66. The van der Waals surface area contributed by atoms with Gasteiger partial charge in [0.05, 0.1) is 18.5 Å². The predicted octanol–water partition coefficient (Wildman–Crippen LogP) is 4.64. The first kappa shape index (κ1) is 23.1. The minimum Gasteiger partial charge on any atom is -0.493 e. The third kappa shape index (κ3) is 5.35. The molecule has 0 spiro atoms. The highest BCUT2D eigenvalue weighted by Gasteiger charge is 2.24. The van der Waals surface area contributed by atoms with Gasteiger partial charge in [0.15, 0.2) is 0 Å². The minimum absolute atomic E-state index is 0.179. The molecule has 0 aliphatic heterocycles. The summed E-state index contributed by atoms with van der Waals surface area (Å²) in [6, 6.07) is 16.4. The Balaban J connectivity index is 1.95. The topological polar surface area (TPSA) is 76.5 Å². The lowest BCUT2D eigenvalue weighted by Crippen LogP contribution is -2.31. The molecule has 0 aliphatic carbocycles. The standard InChI is InChI=1S/C25H30N4O3/c1-5-28(6-2)25(31)22-16-26-29(20-12-8-7-9-13-20)23(22)27-24(30)19-11-10-14-21(15-19)32-17-18(3)4/h7-16,18H,5-6,17H2,1-4H3,(H,27,30). The summed E-state index contributed by atoms with van der Waals surface area (Å²) in [5.41, 5.74) is 1.53. The first-order valence-corrected chi connectivity index (χ1v) is 10.9. The zero-order valence-electron chi connectivity index (χ0n) is 19.0. The highest BCUT2D eigenvalue weighted by molar-refractivity contribution is 6.08. The number of ether oxygens (including phenoxy) is 1. The van der Waals surface area contributed by atoms with Crippen molar-refractivity contribution in [3.63, 3.8) is 0 Å². The zero-order chi connectivity index (χ0) is 23.1. The van der Waals surface area contributed by atoms with Crippen LogP contribution in [0.4, 0.5) is 5.82 Å². The van der Waals surface area contributed by atoms with E-state index in [9.17, 15) is 9.59 Å². The summed E-state index contributed by atoms with van der Waals surface area (Å²) in [4.78, 5) is 27.9. The third-order valence-electron chi connectivity index (χ3n) is 4.96. The van der Waals surface area contributed by atoms with Gasteiger partial charge in [-0.3, -0.25) is 9.59 Å². The number of anilines is 1. The van der Waals surface area contributed by atoms with Crippen LogP contribution in [0.5, 0.6) is 5.75 Å². The molecular weight excluding hydrogens is 404 g/mol. The summed E-state index contributed by atoms with van der Waals surface area (Å²) >= 11 is 0. The normalized spacial score (nSPS) is 10.8. The van der Waals surface area contributed by atoms with Gasteiger partial charge in [0.2, 0.25) is 0 Å². The lowest BCUT2D eigenvalue weighted by molar-refractivity contribution is 0.0774. The number of carbonyl (C=O) groups excluding carboxylic acids is 2. The maximum atomic E-state index is 13.1. The smallest absolute Gasteiger partial charge is 0.259 e. The van der Waals surface area contributed by atoms with Crippen molar-refractivity contribution in [3.05, 3.63) is 71.9 Å². The van der Waals surface area contributed by atoms with Crippen molar-refractivity contribution in [1.29, 1.82) is 0 Å². The largest absolute Gasteiger partial charge is 0.493 e. The molecule has 0 bridgehead atoms. The minimum atomic E-state index is -0.341. The molecule has 0 atom stereocenters. The molecule has 1 N–H and O–H groups in total. The van der Waals surface area contributed by atoms with Gasteiger partial charge in [-0.05, 0) is 50.1 Å². The number of nitrogens with zero attached hydrogens (tertiary/aromatic N) is 3. The van der Waals surface area contributed by atoms with Crippen molar-refractivity contribution in [2.75, 3.05) is 25.0 Å². The van der Waals surface area contributed by atoms with Crippen LogP contribution in [0.3, 0.4) is 0 Å². The molecular formula is C25H30N4O3. The highest BCUT2D eigenvalue weighted by Crippen LogP contribution is 2.23. The summed E-state index contributed by atoms with van der Waals surface area (Å²) in [7, 11) is 0. The molecule has 3 rings (SSSR count). The lowest BCUT2D eigenvalue weighted by atomic mass is 10.2. The van der Waals surface area contributed by atoms with Crippen LogP contribution in [0, 0.1) is 5.92 Å². The van der Waals surface area contributed by atoms with Crippen LogP contribution >= 0.6 is 0 Å². The second-order valence-electron chi connectivity index (χ2n) is 7.82. The molecule has 0 radical (unpaired) electrons. The van der Waals surface area contributed by atoms with Gasteiger partial charge in [-0.15, -0.1) is 0 Å². The number of rotatable bonds is 9. The second-order valence-corrected chi connectivity index (χ2v) is 7.82. The number of hydrogen-bond donors (Lipinski definition) is 1. The van der Waals surface area contributed by atoms with Gasteiger partial charge >= 0.3 is 0 Å². The van der Waals surface area contributed by atoms with Crippen molar-refractivity contribution in [3.8, 4) is 11.4 Å². The molecule has 2 amide bonds. The van der Waals surface area contributed by atoms with Gasteiger partial charge in [-0.1, -0.05) is 38.1 Å². The number of aromatic nitrogens is 2. The molecule has 3 aromatic rings. The van der Waals surface area contributed by atoms with E-state index in [0.717, 1.165) is 5.69 Å². The van der Waals surface area contributed by atoms with E-state index in [2.05, 4.69) is 24.3 Å². The number of carbonyl (C=O) groups is 2. The summed E-state index contributed by atoms with van der Waals surface area (Å²) in [5.74, 6) is 0.822. The van der Waals surface area contributed by atoms with E-state index in [4.69, 9.17) is 4.74 Å². The molecule has 1 heterocycles. The zero-order valence-corrected chi connectivity index (χ0v) is 19.0. The van der Waals surface area contributed by atoms with Crippen LogP contribution in [0.25, 0.3) is 5.69 Å². The number of nitrogens with one attached hydrogen (secondary N) is 1. The number of hydrogen-bond acceptors (Lipinski definition) is 4. The van der Waals surface area contributed by atoms with Crippen LogP contribution in [-0.4, -0.2) is 46.2 Å². The van der Waals surface area contributed by atoms with Crippen LogP contribution < -0.4 is 10.1 Å². The molecule has 32 heavy (non-hydrogen) atoms. The van der Waals surface area contributed by atoms with Crippen molar-refractivity contribution >= 4 is 17.6 Å². The first-order valence-electron chi connectivity index (χ1n) is 10.9. The van der Waals surface area contributed by atoms with Gasteiger partial charge in [0.1, 0.15) is 17.1 Å². The van der Waals surface area contributed by atoms with E-state index < -0.39 is 0 Å². The number of amides is 2. The Morgan fingerprint density at radius 2 is 1.78 bits per heavy atom. The predicted molar refractivity (Wildman–Crippen MR) is 126 cm³/mol. The number of para-hydroxylation sites is 1. The fraction of sp³-hybridized carbons (Fsp3) is 0.320. The van der Waals surface area contributed by atoms with Crippen LogP contribution in [-0.2, 0) is 0 Å². The fourth-order valence-electron chi connectivity index (χ4n) is 3.24. The van der Waals surface area contributed by atoms with Crippen molar-refractivity contribution in [2.24, 2.45) is 5.92 Å². The molecule has 0 aliphatic rings. The van der Waals surface area contributed by atoms with Gasteiger partial charge in [0, 0.05) is 18.7 Å². The van der Waals surface area contributed by atoms with E-state index in [1.54, 1.807) is 27.8 Å². The molecule has 0 saturated carbocycles. The SMILES string of the molecule is CCN(CC)C(=O)c1cnn(-c2ccccc2)c1NC(=O)c1cccc(OCC(C)C)c1. The number of benzene rings is 2. The Morgan fingerprint density at radius 3 is 2.44 bits per heavy atom. The van der Waals surface area contributed by atoms with Gasteiger partial charge in [0.25, 0.3) is 11.8 Å². The van der Waals surface area contributed by atoms with Crippen LogP contribution in [0.2, 0.25) is 0 Å². The molecule has 168 valence electrons. The molecule has 0 saturated heterocycles. The average molecular weight is 435 g/mol.